The van der Waals surface area contributed by atoms with Crippen LogP contribution >= 0.6 is 0 Å². The van der Waals surface area contributed by atoms with Crippen LogP contribution in [0.25, 0.3) is 0 Å². The Labute approximate surface area is 112 Å². The van der Waals surface area contributed by atoms with E-state index in [2.05, 4.69) is 15.5 Å². The molecule has 0 aliphatic rings. The van der Waals surface area contributed by atoms with Crippen molar-refractivity contribution in [3.8, 4) is 0 Å². The lowest BCUT2D eigenvalue weighted by molar-refractivity contribution is -0.120. The first-order valence-electron chi connectivity index (χ1n) is 6.24. The van der Waals surface area contributed by atoms with Crippen molar-refractivity contribution >= 4 is 5.91 Å². The summed E-state index contributed by atoms with van der Waals surface area (Å²) < 4.78 is 5.03. The van der Waals surface area contributed by atoms with E-state index in [9.17, 15) is 4.79 Å². The molecule has 100 valence electrons. The van der Waals surface area contributed by atoms with E-state index >= 15 is 0 Å². The summed E-state index contributed by atoms with van der Waals surface area (Å²) in [6, 6.07) is 3.88. The number of hydrogen-bond acceptors (Lipinski definition) is 4. The van der Waals surface area contributed by atoms with Gasteiger partial charge >= 0.3 is 0 Å². The van der Waals surface area contributed by atoms with Crippen LogP contribution in [0.15, 0.2) is 29.0 Å². The zero-order valence-electron chi connectivity index (χ0n) is 11.1. The number of hydrogen-bond donors (Lipinski definition) is 1. The number of nitrogens with zero attached hydrogens (tertiary/aromatic N) is 2. The van der Waals surface area contributed by atoms with Crippen LogP contribution in [0.1, 0.15) is 22.6 Å². The Bertz CT molecular complexity index is 530. The third-order valence-corrected chi connectivity index (χ3v) is 2.98. The van der Waals surface area contributed by atoms with Crippen LogP contribution in [0, 0.1) is 13.8 Å². The molecule has 2 heterocycles. The molecule has 0 fully saturated rings. The molecular formula is C14H17N3O2. The largest absolute Gasteiger partial charge is 0.361 e. The molecule has 2 rings (SSSR count). The summed E-state index contributed by atoms with van der Waals surface area (Å²) in [6.45, 7) is 4.26. The molecule has 0 saturated carbocycles. The molecule has 1 N–H and O–H groups in total. The topological polar surface area (TPSA) is 68.0 Å². The van der Waals surface area contributed by atoms with Gasteiger partial charge < -0.3 is 9.84 Å². The van der Waals surface area contributed by atoms with Gasteiger partial charge in [0.1, 0.15) is 5.76 Å². The first-order chi connectivity index (χ1) is 9.16. The van der Waals surface area contributed by atoms with Crippen LogP contribution in [0.4, 0.5) is 0 Å². The van der Waals surface area contributed by atoms with Crippen LogP contribution in [0.2, 0.25) is 0 Å². The van der Waals surface area contributed by atoms with Crippen molar-refractivity contribution < 1.29 is 9.32 Å². The molecular weight excluding hydrogens is 242 g/mol. The zero-order valence-corrected chi connectivity index (χ0v) is 11.1. The Balaban J connectivity index is 1.79. The summed E-state index contributed by atoms with van der Waals surface area (Å²) in [5, 5.41) is 6.72. The van der Waals surface area contributed by atoms with Gasteiger partial charge in [-0.15, -0.1) is 0 Å². The maximum Gasteiger partial charge on any atom is 0.224 e. The first-order valence-corrected chi connectivity index (χ1v) is 6.24. The number of nitrogens with one attached hydrogen (secondary N) is 1. The SMILES string of the molecule is Cc1noc(C)c1CC(=O)NCCc1cccnc1. The van der Waals surface area contributed by atoms with Crippen molar-refractivity contribution in [3.05, 3.63) is 47.1 Å². The molecule has 0 bridgehead atoms. The lowest BCUT2D eigenvalue weighted by Gasteiger charge is -2.05. The molecule has 0 unspecified atom stereocenters. The number of carbonyl (C=O) groups excluding carboxylic acids is 1. The van der Waals surface area contributed by atoms with Crippen LogP contribution in [-0.4, -0.2) is 22.6 Å². The summed E-state index contributed by atoms with van der Waals surface area (Å²) >= 11 is 0. The van der Waals surface area contributed by atoms with Crippen LogP contribution in [-0.2, 0) is 17.6 Å². The average molecular weight is 259 g/mol. The Kier molecular flexibility index (Phi) is 4.28. The van der Waals surface area contributed by atoms with Crippen LogP contribution in [0.3, 0.4) is 0 Å². The minimum absolute atomic E-state index is 0.0155. The standard InChI is InChI=1S/C14H17N3O2/c1-10-13(11(2)19-17-10)8-14(18)16-7-5-12-4-3-6-15-9-12/h3-4,6,9H,5,7-8H2,1-2H3,(H,16,18). The second-order valence-electron chi connectivity index (χ2n) is 4.44. The highest BCUT2D eigenvalue weighted by molar-refractivity contribution is 5.78. The minimum Gasteiger partial charge on any atom is -0.361 e. The molecule has 0 aromatic carbocycles. The van der Waals surface area contributed by atoms with Crippen LogP contribution in [0.5, 0.6) is 0 Å². The zero-order chi connectivity index (χ0) is 13.7. The van der Waals surface area contributed by atoms with E-state index in [-0.39, 0.29) is 5.91 Å². The van der Waals surface area contributed by atoms with Crippen molar-refractivity contribution in [1.82, 2.24) is 15.5 Å². The third kappa shape index (κ3) is 3.64. The maximum atomic E-state index is 11.8. The summed E-state index contributed by atoms with van der Waals surface area (Å²) in [4.78, 5) is 15.8. The third-order valence-electron chi connectivity index (χ3n) is 2.98. The summed E-state index contributed by atoms with van der Waals surface area (Å²) in [7, 11) is 0. The minimum atomic E-state index is -0.0155. The number of carbonyl (C=O) groups is 1. The van der Waals surface area contributed by atoms with Crippen molar-refractivity contribution in [2.45, 2.75) is 26.7 Å². The predicted octanol–water partition coefficient (Wildman–Crippen LogP) is 1.59. The molecule has 2 aromatic rings. The van der Waals surface area contributed by atoms with Crippen molar-refractivity contribution in [1.29, 1.82) is 0 Å². The molecule has 5 nitrogen and oxygen atoms in total. The van der Waals surface area contributed by atoms with Gasteiger partial charge in [-0.3, -0.25) is 9.78 Å². The summed E-state index contributed by atoms with van der Waals surface area (Å²) in [5.74, 6) is 0.693. The number of aromatic nitrogens is 2. The van der Waals surface area contributed by atoms with E-state index in [0.29, 0.717) is 18.7 Å². The second kappa shape index (κ2) is 6.13. The van der Waals surface area contributed by atoms with Crippen molar-refractivity contribution in [2.24, 2.45) is 0 Å². The maximum absolute atomic E-state index is 11.8. The molecule has 2 aromatic heterocycles. The number of amides is 1. The highest BCUT2D eigenvalue weighted by Crippen LogP contribution is 2.12. The van der Waals surface area contributed by atoms with E-state index < -0.39 is 0 Å². The van der Waals surface area contributed by atoms with E-state index in [4.69, 9.17) is 4.52 Å². The van der Waals surface area contributed by atoms with Gasteiger partial charge in [0.25, 0.3) is 0 Å². The number of rotatable bonds is 5. The van der Waals surface area contributed by atoms with Crippen molar-refractivity contribution in [2.75, 3.05) is 6.54 Å². The van der Waals surface area contributed by atoms with E-state index in [1.165, 1.54) is 0 Å². The Morgan fingerprint density at radius 2 is 2.26 bits per heavy atom. The lowest BCUT2D eigenvalue weighted by atomic mass is 10.1. The van der Waals surface area contributed by atoms with Gasteiger partial charge in [-0.2, -0.15) is 0 Å². The fraction of sp³-hybridized carbons (Fsp3) is 0.357. The normalized spacial score (nSPS) is 10.4. The van der Waals surface area contributed by atoms with Gasteiger partial charge in [0, 0.05) is 24.5 Å². The summed E-state index contributed by atoms with van der Waals surface area (Å²) in [6.07, 6.45) is 4.63. The predicted molar refractivity (Wildman–Crippen MR) is 70.6 cm³/mol. The molecule has 0 atom stereocenters. The van der Waals surface area contributed by atoms with Gasteiger partial charge in [-0.1, -0.05) is 11.2 Å². The lowest BCUT2D eigenvalue weighted by Crippen LogP contribution is -2.27. The molecule has 0 aliphatic heterocycles. The molecule has 0 saturated heterocycles. The fourth-order valence-electron chi connectivity index (χ4n) is 1.87. The van der Waals surface area contributed by atoms with Gasteiger partial charge in [0.05, 0.1) is 12.1 Å². The highest BCUT2D eigenvalue weighted by Gasteiger charge is 2.12. The van der Waals surface area contributed by atoms with Crippen LogP contribution < -0.4 is 5.32 Å². The van der Waals surface area contributed by atoms with E-state index in [1.54, 1.807) is 12.4 Å². The molecule has 0 spiro atoms. The Hall–Kier alpha value is -2.17. The number of aryl methyl sites for hydroxylation is 2. The number of pyridine rings is 1. The Morgan fingerprint density at radius 1 is 1.42 bits per heavy atom. The van der Waals surface area contributed by atoms with E-state index in [1.807, 2.05) is 26.0 Å². The molecule has 0 aliphatic carbocycles. The quantitative estimate of drug-likeness (QED) is 0.885. The molecule has 0 radical (unpaired) electrons. The van der Waals surface area contributed by atoms with Gasteiger partial charge in [0.15, 0.2) is 0 Å². The van der Waals surface area contributed by atoms with E-state index in [0.717, 1.165) is 23.2 Å². The molecule has 5 heteroatoms. The first kappa shape index (κ1) is 13.3. The average Bonchev–Trinajstić information content (AvgIpc) is 2.72. The monoisotopic (exact) mass is 259 g/mol. The summed E-state index contributed by atoms with van der Waals surface area (Å²) in [5.41, 5.74) is 2.76. The smallest absolute Gasteiger partial charge is 0.224 e. The highest BCUT2D eigenvalue weighted by atomic mass is 16.5. The molecule has 1 amide bonds. The Morgan fingerprint density at radius 3 is 2.89 bits per heavy atom. The molecule has 19 heavy (non-hydrogen) atoms. The van der Waals surface area contributed by atoms with Crippen molar-refractivity contribution in [3.63, 3.8) is 0 Å². The van der Waals surface area contributed by atoms with Gasteiger partial charge in [-0.05, 0) is 31.9 Å². The van der Waals surface area contributed by atoms with Gasteiger partial charge in [-0.25, -0.2) is 0 Å². The fourth-order valence-corrected chi connectivity index (χ4v) is 1.87. The van der Waals surface area contributed by atoms with Gasteiger partial charge in [0.2, 0.25) is 5.91 Å². The second-order valence-corrected chi connectivity index (χ2v) is 4.44.